The molecule has 2 atom stereocenters. The molecule has 3 rings (SSSR count). The van der Waals surface area contributed by atoms with Gasteiger partial charge in [-0.15, -0.1) is 11.6 Å². The lowest BCUT2D eigenvalue weighted by Gasteiger charge is -2.37. The summed E-state index contributed by atoms with van der Waals surface area (Å²) in [6.07, 6.45) is 1.92. The van der Waals surface area contributed by atoms with Crippen LogP contribution in [0.1, 0.15) is 6.92 Å². The van der Waals surface area contributed by atoms with Crippen LogP contribution in [0.25, 0.3) is 10.8 Å². The molecule has 1 N–H and O–H groups in total. The number of pyridine rings is 1. The first-order valence-electron chi connectivity index (χ1n) is 6.71. The Labute approximate surface area is 122 Å². The highest BCUT2D eigenvalue weighted by Gasteiger charge is 2.26. The molecule has 1 aromatic heterocycles. The highest BCUT2D eigenvalue weighted by Crippen LogP contribution is 2.29. The summed E-state index contributed by atoms with van der Waals surface area (Å²) in [6.45, 7) is 3.53. The van der Waals surface area contributed by atoms with Crippen LogP contribution < -0.4 is 4.90 Å². The third kappa shape index (κ3) is 2.53. The second-order valence-corrected chi connectivity index (χ2v) is 5.48. The van der Waals surface area contributed by atoms with Crippen LogP contribution in [0.15, 0.2) is 30.5 Å². The van der Waals surface area contributed by atoms with E-state index in [0.29, 0.717) is 5.88 Å². The molecule has 0 radical (unpaired) electrons. The Bertz CT molecular complexity index is 620. The quantitative estimate of drug-likeness (QED) is 0.865. The summed E-state index contributed by atoms with van der Waals surface area (Å²) in [7, 11) is 0. The van der Waals surface area contributed by atoms with E-state index in [1.807, 2.05) is 19.1 Å². The molecule has 0 saturated carbocycles. The van der Waals surface area contributed by atoms with Crippen LogP contribution in [0.2, 0.25) is 0 Å². The number of ether oxygens (including phenoxy) is 1. The molecule has 2 aromatic rings. The van der Waals surface area contributed by atoms with E-state index in [9.17, 15) is 5.11 Å². The molecule has 0 spiro atoms. The standard InChI is InChI=1S/C15H17ClN2O2/c1-10-8-18(9-13(7-16)20-10)15-14-6-12(19)3-2-11(14)4-5-17-15/h2-6,10,13,19H,7-9H2,1H3. The summed E-state index contributed by atoms with van der Waals surface area (Å²) in [6, 6.07) is 7.29. The summed E-state index contributed by atoms with van der Waals surface area (Å²) in [5.74, 6) is 1.60. The monoisotopic (exact) mass is 292 g/mol. The number of aromatic nitrogens is 1. The van der Waals surface area contributed by atoms with Crippen LogP contribution in [0.4, 0.5) is 5.82 Å². The van der Waals surface area contributed by atoms with Gasteiger partial charge in [0.05, 0.1) is 18.1 Å². The van der Waals surface area contributed by atoms with E-state index < -0.39 is 0 Å². The van der Waals surface area contributed by atoms with E-state index in [-0.39, 0.29) is 18.0 Å². The van der Waals surface area contributed by atoms with E-state index in [1.165, 1.54) is 0 Å². The predicted octanol–water partition coefficient (Wildman–Crippen LogP) is 2.77. The second kappa shape index (κ2) is 5.46. The van der Waals surface area contributed by atoms with E-state index in [4.69, 9.17) is 16.3 Å². The molecule has 1 aromatic carbocycles. The first-order chi connectivity index (χ1) is 9.67. The van der Waals surface area contributed by atoms with Gasteiger partial charge in [0.1, 0.15) is 11.6 Å². The molecule has 1 aliphatic rings. The Morgan fingerprint density at radius 1 is 1.40 bits per heavy atom. The number of benzene rings is 1. The summed E-state index contributed by atoms with van der Waals surface area (Å²) in [5, 5.41) is 11.7. The number of alkyl halides is 1. The number of phenols is 1. The van der Waals surface area contributed by atoms with Crippen molar-refractivity contribution in [3.63, 3.8) is 0 Å². The molecule has 0 bridgehead atoms. The van der Waals surface area contributed by atoms with E-state index in [1.54, 1.807) is 18.3 Å². The van der Waals surface area contributed by atoms with Crippen LogP contribution in [0.5, 0.6) is 5.75 Å². The first kappa shape index (κ1) is 13.5. The smallest absolute Gasteiger partial charge is 0.136 e. The molecule has 1 fully saturated rings. The van der Waals surface area contributed by atoms with Crippen LogP contribution in [0.3, 0.4) is 0 Å². The molecule has 1 aliphatic heterocycles. The minimum absolute atomic E-state index is 0.00906. The van der Waals surface area contributed by atoms with Gasteiger partial charge in [0.25, 0.3) is 0 Å². The number of nitrogens with zero attached hydrogens (tertiary/aromatic N) is 2. The SMILES string of the molecule is CC1CN(c2nccc3ccc(O)cc23)CC(CCl)O1. The summed E-state index contributed by atoms with van der Waals surface area (Å²) >= 11 is 5.93. The average Bonchev–Trinajstić information content (AvgIpc) is 2.45. The molecule has 1 saturated heterocycles. The Morgan fingerprint density at radius 2 is 2.25 bits per heavy atom. The third-order valence-electron chi connectivity index (χ3n) is 3.53. The maximum Gasteiger partial charge on any atom is 0.136 e. The zero-order chi connectivity index (χ0) is 14.1. The van der Waals surface area contributed by atoms with Gasteiger partial charge >= 0.3 is 0 Å². The number of phenolic OH excluding ortho intramolecular Hbond substituents is 1. The largest absolute Gasteiger partial charge is 0.508 e. The number of fused-ring (bicyclic) bond motifs is 1. The first-order valence-corrected chi connectivity index (χ1v) is 7.25. The van der Waals surface area contributed by atoms with Crippen molar-refractivity contribution in [2.75, 3.05) is 23.9 Å². The van der Waals surface area contributed by atoms with E-state index >= 15 is 0 Å². The number of aromatic hydroxyl groups is 1. The Balaban J connectivity index is 2.02. The second-order valence-electron chi connectivity index (χ2n) is 5.17. The number of hydrogen-bond acceptors (Lipinski definition) is 4. The van der Waals surface area contributed by atoms with Gasteiger partial charge in [-0.3, -0.25) is 0 Å². The number of halogens is 1. The number of anilines is 1. The molecule has 0 aliphatic carbocycles. The molecule has 20 heavy (non-hydrogen) atoms. The molecule has 0 amide bonds. The topological polar surface area (TPSA) is 45.6 Å². The maximum absolute atomic E-state index is 9.71. The number of hydrogen-bond donors (Lipinski definition) is 1. The minimum atomic E-state index is 0.00906. The van der Waals surface area contributed by atoms with E-state index in [0.717, 1.165) is 29.7 Å². The van der Waals surface area contributed by atoms with Crippen molar-refractivity contribution in [1.82, 2.24) is 4.98 Å². The maximum atomic E-state index is 9.71. The highest BCUT2D eigenvalue weighted by atomic mass is 35.5. The Morgan fingerprint density at radius 3 is 3.05 bits per heavy atom. The normalized spacial score (nSPS) is 23.2. The summed E-state index contributed by atoms with van der Waals surface area (Å²) in [4.78, 5) is 6.67. The van der Waals surface area contributed by atoms with Crippen molar-refractivity contribution < 1.29 is 9.84 Å². The van der Waals surface area contributed by atoms with Crippen LogP contribution in [0, 0.1) is 0 Å². The molecule has 106 valence electrons. The lowest BCUT2D eigenvalue weighted by atomic mass is 10.1. The van der Waals surface area contributed by atoms with Crippen molar-refractivity contribution in [1.29, 1.82) is 0 Å². The molecule has 4 nitrogen and oxygen atoms in total. The lowest BCUT2D eigenvalue weighted by Crippen LogP contribution is -2.47. The van der Waals surface area contributed by atoms with Crippen LogP contribution in [-0.2, 0) is 4.74 Å². The van der Waals surface area contributed by atoms with Gasteiger partial charge < -0.3 is 14.7 Å². The van der Waals surface area contributed by atoms with Gasteiger partial charge in [0.15, 0.2) is 0 Å². The minimum Gasteiger partial charge on any atom is -0.508 e. The van der Waals surface area contributed by atoms with Gasteiger partial charge in [-0.1, -0.05) is 6.07 Å². The fourth-order valence-electron chi connectivity index (χ4n) is 2.70. The number of morpholine rings is 1. The molecule has 5 heteroatoms. The predicted molar refractivity (Wildman–Crippen MR) is 80.7 cm³/mol. The van der Waals surface area contributed by atoms with Crippen molar-refractivity contribution in [3.05, 3.63) is 30.5 Å². The van der Waals surface area contributed by atoms with Crippen molar-refractivity contribution in [2.24, 2.45) is 0 Å². The van der Waals surface area contributed by atoms with Crippen molar-refractivity contribution in [3.8, 4) is 5.75 Å². The lowest BCUT2D eigenvalue weighted by molar-refractivity contribution is -0.00347. The molecular weight excluding hydrogens is 276 g/mol. The van der Waals surface area contributed by atoms with Gasteiger partial charge in [-0.25, -0.2) is 4.98 Å². The Hall–Kier alpha value is -1.52. The van der Waals surface area contributed by atoms with Crippen LogP contribution >= 0.6 is 11.6 Å². The van der Waals surface area contributed by atoms with Crippen LogP contribution in [-0.4, -0.2) is 41.3 Å². The summed E-state index contributed by atoms with van der Waals surface area (Å²) in [5.41, 5.74) is 0. The van der Waals surface area contributed by atoms with Crippen molar-refractivity contribution in [2.45, 2.75) is 19.1 Å². The molecule has 2 heterocycles. The Kier molecular flexibility index (Phi) is 3.68. The van der Waals surface area contributed by atoms with Crippen molar-refractivity contribution >= 4 is 28.2 Å². The van der Waals surface area contributed by atoms with Gasteiger partial charge in [0.2, 0.25) is 0 Å². The average molecular weight is 293 g/mol. The van der Waals surface area contributed by atoms with Gasteiger partial charge in [0, 0.05) is 24.7 Å². The molecular formula is C15H17ClN2O2. The van der Waals surface area contributed by atoms with E-state index in [2.05, 4.69) is 9.88 Å². The fourth-order valence-corrected chi connectivity index (χ4v) is 2.87. The zero-order valence-corrected chi connectivity index (χ0v) is 12.0. The summed E-state index contributed by atoms with van der Waals surface area (Å²) < 4.78 is 5.77. The molecule has 2 unspecified atom stereocenters. The van der Waals surface area contributed by atoms with Gasteiger partial charge in [-0.2, -0.15) is 0 Å². The fraction of sp³-hybridized carbons (Fsp3) is 0.400. The number of rotatable bonds is 2. The third-order valence-corrected chi connectivity index (χ3v) is 3.87. The van der Waals surface area contributed by atoms with Gasteiger partial charge in [-0.05, 0) is 30.5 Å². The zero-order valence-electron chi connectivity index (χ0n) is 11.3. The highest BCUT2D eigenvalue weighted by molar-refractivity contribution is 6.18.